The summed E-state index contributed by atoms with van der Waals surface area (Å²) in [6.45, 7) is 0.563. The van der Waals surface area contributed by atoms with Crippen LogP contribution in [0.15, 0.2) is 66.7 Å². The average Bonchev–Trinajstić information content (AvgIpc) is 3.11. The molecule has 0 atom stereocenters. The van der Waals surface area contributed by atoms with Gasteiger partial charge in [0.1, 0.15) is 5.82 Å². The molecular weight excluding hydrogens is 384 g/mol. The first-order valence-corrected chi connectivity index (χ1v) is 8.97. The molecule has 29 heavy (non-hydrogen) atoms. The van der Waals surface area contributed by atoms with Crippen molar-refractivity contribution in [2.75, 3.05) is 16.8 Å². The number of para-hydroxylation sites is 1. The predicted molar refractivity (Wildman–Crippen MR) is 103 cm³/mol. The van der Waals surface area contributed by atoms with Crippen LogP contribution in [0.5, 0.6) is 0 Å². The minimum absolute atomic E-state index is 0.0234. The zero-order valence-corrected chi connectivity index (χ0v) is 15.1. The Morgan fingerprint density at radius 3 is 2.41 bits per heavy atom. The van der Waals surface area contributed by atoms with Crippen LogP contribution in [0.1, 0.15) is 21.5 Å². The van der Waals surface area contributed by atoms with E-state index in [2.05, 4.69) is 5.32 Å². The van der Waals surface area contributed by atoms with Gasteiger partial charge in [0.05, 0.1) is 22.5 Å². The molecule has 7 heteroatoms. The fourth-order valence-corrected chi connectivity index (χ4v) is 3.47. The summed E-state index contributed by atoms with van der Waals surface area (Å²) in [7, 11) is 0. The van der Waals surface area contributed by atoms with Crippen LogP contribution < -0.4 is 10.2 Å². The molecule has 1 amide bonds. The van der Waals surface area contributed by atoms with Crippen LogP contribution in [-0.4, -0.2) is 12.5 Å². The van der Waals surface area contributed by atoms with Crippen LogP contribution in [0.3, 0.4) is 0 Å². The molecule has 1 heterocycles. The van der Waals surface area contributed by atoms with Crippen molar-refractivity contribution in [2.45, 2.75) is 12.6 Å². The molecule has 0 spiro atoms. The highest BCUT2D eigenvalue weighted by Crippen LogP contribution is 2.41. The third kappa shape index (κ3) is 3.68. The Labute approximate surface area is 164 Å². The Hall–Kier alpha value is -3.35. The van der Waals surface area contributed by atoms with Gasteiger partial charge in [-0.15, -0.1) is 0 Å². The summed E-state index contributed by atoms with van der Waals surface area (Å²) < 4.78 is 53.7. The Balaban J connectivity index is 1.76. The zero-order chi connectivity index (χ0) is 20.6. The SMILES string of the molecule is O=C(Nc1cc(C(F)(F)F)ccc1N1CCc2ccccc21)c1ccccc1F. The number of amides is 1. The maximum Gasteiger partial charge on any atom is 0.416 e. The number of carbonyl (C=O) groups is 1. The summed E-state index contributed by atoms with van der Waals surface area (Å²) in [5, 5.41) is 2.47. The number of nitrogens with zero attached hydrogens (tertiary/aromatic N) is 1. The van der Waals surface area contributed by atoms with E-state index >= 15 is 0 Å². The molecule has 1 aliphatic rings. The fraction of sp³-hybridized carbons (Fsp3) is 0.136. The van der Waals surface area contributed by atoms with Crippen LogP contribution in [0.4, 0.5) is 34.6 Å². The van der Waals surface area contributed by atoms with Gasteiger partial charge in [-0.1, -0.05) is 30.3 Å². The molecule has 0 saturated carbocycles. The lowest BCUT2D eigenvalue weighted by Gasteiger charge is -2.24. The van der Waals surface area contributed by atoms with Crippen LogP contribution in [-0.2, 0) is 12.6 Å². The minimum Gasteiger partial charge on any atom is -0.339 e. The third-order valence-electron chi connectivity index (χ3n) is 4.87. The number of fused-ring (bicyclic) bond motifs is 1. The van der Waals surface area contributed by atoms with Crippen molar-refractivity contribution in [3.63, 3.8) is 0 Å². The van der Waals surface area contributed by atoms with Gasteiger partial charge in [0.2, 0.25) is 0 Å². The van der Waals surface area contributed by atoms with Gasteiger partial charge >= 0.3 is 6.18 Å². The Morgan fingerprint density at radius 1 is 0.931 bits per heavy atom. The van der Waals surface area contributed by atoms with Gasteiger partial charge in [-0.05, 0) is 48.4 Å². The Morgan fingerprint density at radius 2 is 1.66 bits per heavy atom. The first-order valence-electron chi connectivity index (χ1n) is 8.97. The minimum atomic E-state index is -4.57. The number of hydrogen-bond donors (Lipinski definition) is 1. The third-order valence-corrected chi connectivity index (χ3v) is 4.87. The van der Waals surface area contributed by atoms with E-state index in [9.17, 15) is 22.4 Å². The quantitative estimate of drug-likeness (QED) is 0.565. The van der Waals surface area contributed by atoms with Gasteiger partial charge in [0.25, 0.3) is 5.91 Å². The zero-order valence-electron chi connectivity index (χ0n) is 15.1. The van der Waals surface area contributed by atoms with Gasteiger partial charge in [-0.3, -0.25) is 4.79 Å². The van der Waals surface area contributed by atoms with Crippen molar-refractivity contribution in [3.05, 3.63) is 89.2 Å². The standard InChI is InChI=1S/C22H16F4N2O/c23-17-7-3-2-6-16(17)21(29)27-18-13-15(22(24,25)26)9-10-20(18)28-12-11-14-5-1-4-8-19(14)28/h1-10,13H,11-12H2,(H,27,29). The summed E-state index contributed by atoms with van der Waals surface area (Å²) in [6, 6.07) is 16.1. The lowest BCUT2D eigenvalue weighted by Crippen LogP contribution is -2.20. The fourth-order valence-electron chi connectivity index (χ4n) is 3.47. The van der Waals surface area contributed by atoms with Crippen LogP contribution in [0.2, 0.25) is 0 Å². The van der Waals surface area contributed by atoms with E-state index in [1.54, 1.807) is 0 Å². The summed E-state index contributed by atoms with van der Waals surface area (Å²) in [5.74, 6) is -1.55. The van der Waals surface area contributed by atoms with Gasteiger partial charge in [0.15, 0.2) is 0 Å². The van der Waals surface area contributed by atoms with Gasteiger partial charge < -0.3 is 10.2 Å². The Kier molecular flexibility index (Phi) is 4.74. The maximum absolute atomic E-state index is 14.0. The summed E-state index contributed by atoms with van der Waals surface area (Å²) in [6.07, 6.45) is -3.84. The van der Waals surface area contributed by atoms with Gasteiger partial charge in [-0.25, -0.2) is 4.39 Å². The maximum atomic E-state index is 14.0. The molecule has 0 aliphatic carbocycles. The van der Waals surface area contributed by atoms with E-state index in [4.69, 9.17) is 0 Å². The molecule has 0 radical (unpaired) electrons. The van der Waals surface area contributed by atoms with Crippen molar-refractivity contribution >= 4 is 23.0 Å². The summed E-state index contributed by atoms with van der Waals surface area (Å²) in [4.78, 5) is 14.4. The van der Waals surface area contributed by atoms with E-state index < -0.39 is 23.5 Å². The average molecular weight is 400 g/mol. The van der Waals surface area contributed by atoms with Crippen molar-refractivity contribution in [1.29, 1.82) is 0 Å². The predicted octanol–water partition coefficient (Wildman–Crippen LogP) is 5.79. The van der Waals surface area contributed by atoms with E-state index in [1.165, 1.54) is 24.3 Å². The molecule has 3 nitrogen and oxygen atoms in total. The molecule has 0 aromatic heterocycles. The van der Waals surface area contributed by atoms with Crippen molar-refractivity contribution in [2.24, 2.45) is 0 Å². The number of anilines is 3. The van der Waals surface area contributed by atoms with Gasteiger partial charge in [0, 0.05) is 12.2 Å². The molecule has 0 unspecified atom stereocenters. The van der Waals surface area contributed by atoms with Crippen molar-refractivity contribution in [1.82, 2.24) is 0 Å². The second-order valence-electron chi connectivity index (χ2n) is 6.69. The molecule has 3 aromatic rings. The molecule has 1 aliphatic heterocycles. The number of carbonyl (C=O) groups excluding carboxylic acids is 1. The molecule has 1 N–H and O–H groups in total. The molecule has 3 aromatic carbocycles. The molecular formula is C22H16F4N2O. The highest BCUT2D eigenvalue weighted by Gasteiger charge is 2.32. The largest absolute Gasteiger partial charge is 0.416 e. The van der Waals surface area contributed by atoms with Crippen molar-refractivity contribution < 1.29 is 22.4 Å². The Bertz CT molecular complexity index is 1080. The number of hydrogen-bond acceptors (Lipinski definition) is 2. The highest BCUT2D eigenvalue weighted by atomic mass is 19.4. The van der Waals surface area contributed by atoms with E-state index in [-0.39, 0.29) is 11.3 Å². The normalized spacial score (nSPS) is 13.3. The number of alkyl halides is 3. The number of nitrogens with one attached hydrogen (secondary N) is 1. The number of benzene rings is 3. The molecule has 0 saturated heterocycles. The highest BCUT2D eigenvalue weighted by molar-refractivity contribution is 6.06. The van der Waals surface area contributed by atoms with E-state index in [0.29, 0.717) is 12.2 Å². The van der Waals surface area contributed by atoms with Gasteiger partial charge in [-0.2, -0.15) is 13.2 Å². The van der Waals surface area contributed by atoms with Crippen molar-refractivity contribution in [3.8, 4) is 0 Å². The van der Waals surface area contributed by atoms with E-state index in [1.807, 2.05) is 29.2 Å². The lowest BCUT2D eigenvalue weighted by atomic mass is 10.1. The topological polar surface area (TPSA) is 32.3 Å². The van der Waals surface area contributed by atoms with E-state index in [0.717, 1.165) is 35.9 Å². The summed E-state index contributed by atoms with van der Waals surface area (Å²) >= 11 is 0. The molecule has 0 fully saturated rings. The number of rotatable bonds is 3. The molecule has 0 bridgehead atoms. The lowest BCUT2D eigenvalue weighted by molar-refractivity contribution is -0.137. The van der Waals surface area contributed by atoms with Crippen LogP contribution >= 0.6 is 0 Å². The van der Waals surface area contributed by atoms with Crippen LogP contribution in [0, 0.1) is 5.82 Å². The first kappa shape index (κ1) is 19.0. The second-order valence-corrected chi connectivity index (χ2v) is 6.69. The number of halogens is 4. The molecule has 148 valence electrons. The smallest absolute Gasteiger partial charge is 0.339 e. The van der Waals surface area contributed by atoms with Crippen LogP contribution in [0.25, 0.3) is 0 Å². The summed E-state index contributed by atoms with van der Waals surface area (Å²) in [5.41, 5.74) is 1.21. The monoisotopic (exact) mass is 400 g/mol. The first-order chi connectivity index (χ1) is 13.8. The second kappa shape index (κ2) is 7.24. The molecule has 4 rings (SSSR count).